The molecule has 2 N–H and O–H groups in total. The fraction of sp³-hybridized carbons (Fsp3) is 0.100. The van der Waals surface area contributed by atoms with Gasteiger partial charge in [-0.25, -0.2) is 0 Å². The minimum absolute atomic E-state index is 0.168. The molecule has 0 aliphatic carbocycles. The molecule has 132 valence electrons. The molecule has 0 fully saturated rings. The van der Waals surface area contributed by atoms with Crippen LogP contribution in [0.2, 0.25) is 5.02 Å². The Labute approximate surface area is 157 Å². The summed E-state index contributed by atoms with van der Waals surface area (Å²) in [5.41, 5.74) is 2.16. The van der Waals surface area contributed by atoms with Crippen molar-refractivity contribution in [1.29, 1.82) is 0 Å². The lowest BCUT2D eigenvalue weighted by molar-refractivity contribution is 0.256. The fourth-order valence-electron chi connectivity index (χ4n) is 2.44. The van der Waals surface area contributed by atoms with Gasteiger partial charge in [0, 0.05) is 16.6 Å². The molecule has 0 radical (unpaired) electrons. The van der Waals surface area contributed by atoms with Crippen molar-refractivity contribution in [3.63, 3.8) is 0 Å². The molecule has 0 atom stereocenters. The van der Waals surface area contributed by atoms with Crippen molar-refractivity contribution in [2.45, 2.75) is 13.2 Å². The van der Waals surface area contributed by atoms with E-state index < -0.39 is 7.12 Å². The standard InChI is InChI=1S/C20H18BClO4/c22-18-12-20(26-14-16-9-5-2-6-10-16)19(11-17(18)21(23)24)25-13-15-7-3-1-4-8-15/h1-12,23-24H,13-14H2. The zero-order chi connectivity index (χ0) is 18.4. The summed E-state index contributed by atoms with van der Waals surface area (Å²) < 4.78 is 11.7. The minimum Gasteiger partial charge on any atom is -0.485 e. The summed E-state index contributed by atoms with van der Waals surface area (Å²) in [5.74, 6) is 0.844. The zero-order valence-electron chi connectivity index (χ0n) is 14.0. The van der Waals surface area contributed by atoms with Crippen molar-refractivity contribution in [3.05, 3.63) is 88.9 Å². The van der Waals surface area contributed by atoms with Crippen LogP contribution in [0.3, 0.4) is 0 Å². The molecule has 0 spiro atoms. The number of halogens is 1. The lowest BCUT2D eigenvalue weighted by Crippen LogP contribution is -2.31. The molecule has 0 saturated heterocycles. The highest BCUT2D eigenvalue weighted by molar-refractivity contribution is 6.62. The van der Waals surface area contributed by atoms with E-state index in [-0.39, 0.29) is 10.5 Å². The van der Waals surface area contributed by atoms with Crippen LogP contribution in [0.4, 0.5) is 0 Å². The Kier molecular flexibility index (Phi) is 6.18. The van der Waals surface area contributed by atoms with Gasteiger partial charge in [0.15, 0.2) is 11.5 Å². The highest BCUT2D eigenvalue weighted by Gasteiger charge is 2.20. The maximum Gasteiger partial charge on any atom is 0.490 e. The summed E-state index contributed by atoms with van der Waals surface area (Å²) in [4.78, 5) is 0. The van der Waals surface area contributed by atoms with Gasteiger partial charge in [0.25, 0.3) is 0 Å². The van der Waals surface area contributed by atoms with Crippen LogP contribution in [-0.4, -0.2) is 17.2 Å². The van der Waals surface area contributed by atoms with Crippen molar-refractivity contribution in [2.24, 2.45) is 0 Å². The molecule has 4 nitrogen and oxygen atoms in total. The molecule has 0 unspecified atom stereocenters. The van der Waals surface area contributed by atoms with Crippen LogP contribution in [0.1, 0.15) is 11.1 Å². The molecule has 0 aromatic heterocycles. The maximum absolute atomic E-state index is 9.49. The van der Waals surface area contributed by atoms with E-state index in [2.05, 4.69) is 0 Å². The average Bonchev–Trinajstić information content (AvgIpc) is 2.67. The normalized spacial score (nSPS) is 10.4. The molecule has 0 saturated carbocycles. The summed E-state index contributed by atoms with van der Waals surface area (Å²) in [7, 11) is -1.69. The zero-order valence-corrected chi connectivity index (χ0v) is 14.8. The third-order valence-corrected chi connectivity index (χ3v) is 4.14. The van der Waals surface area contributed by atoms with E-state index in [1.165, 1.54) is 6.07 Å². The molecule has 0 bridgehead atoms. The van der Waals surface area contributed by atoms with E-state index in [1.807, 2.05) is 60.7 Å². The van der Waals surface area contributed by atoms with Crippen molar-refractivity contribution in [3.8, 4) is 11.5 Å². The smallest absolute Gasteiger partial charge is 0.485 e. The van der Waals surface area contributed by atoms with Crippen LogP contribution in [0, 0.1) is 0 Å². The van der Waals surface area contributed by atoms with E-state index >= 15 is 0 Å². The molecule has 0 aliphatic rings. The first-order valence-corrected chi connectivity index (χ1v) is 8.54. The van der Waals surface area contributed by atoms with Crippen LogP contribution < -0.4 is 14.9 Å². The second-order valence-electron chi connectivity index (χ2n) is 5.74. The van der Waals surface area contributed by atoms with Gasteiger partial charge in [-0.3, -0.25) is 0 Å². The Hall–Kier alpha value is -2.47. The van der Waals surface area contributed by atoms with Crippen molar-refractivity contribution < 1.29 is 19.5 Å². The number of benzene rings is 3. The number of hydrogen-bond acceptors (Lipinski definition) is 4. The Morgan fingerprint density at radius 1 is 0.731 bits per heavy atom. The molecular formula is C20H18BClO4. The molecule has 0 heterocycles. The predicted octanol–water partition coefficient (Wildman–Crippen LogP) is 3.18. The quantitative estimate of drug-likeness (QED) is 0.629. The molecule has 3 aromatic rings. The summed E-state index contributed by atoms with van der Waals surface area (Å²) in [6, 6.07) is 22.4. The Balaban J connectivity index is 1.82. The monoisotopic (exact) mass is 368 g/mol. The lowest BCUT2D eigenvalue weighted by Gasteiger charge is -2.15. The first-order chi connectivity index (χ1) is 12.6. The van der Waals surface area contributed by atoms with Gasteiger partial charge in [0.2, 0.25) is 0 Å². The van der Waals surface area contributed by atoms with E-state index in [0.717, 1.165) is 11.1 Å². The van der Waals surface area contributed by atoms with Crippen LogP contribution >= 0.6 is 11.6 Å². The van der Waals surface area contributed by atoms with Gasteiger partial charge in [-0.1, -0.05) is 72.3 Å². The van der Waals surface area contributed by atoms with Gasteiger partial charge in [0.05, 0.1) is 0 Å². The topological polar surface area (TPSA) is 58.9 Å². The van der Waals surface area contributed by atoms with Gasteiger partial charge < -0.3 is 19.5 Å². The number of hydrogen-bond donors (Lipinski definition) is 2. The third kappa shape index (κ3) is 4.79. The Morgan fingerprint density at radius 2 is 1.19 bits per heavy atom. The highest BCUT2D eigenvalue weighted by Crippen LogP contribution is 2.31. The van der Waals surface area contributed by atoms with Gasteiger partial charge in [-0.05, 0) is 17.2 Å². The summed E-state index contributed by atoms with van der Waals surface area (Å²) in [6.45, 7) is 0.672. The van der Waals surface area contributed by atoms with Crippen molar-refractivity contribution in [2.75, 3.05) is 0 Å². The molecule has 3 rings (SSSR count). The number of rotatable bonds is 7. The van der Waals surface area contributed by atoms with E-state index in [0.29, 0.717) is 24.7 Å². The summed E-state index contributed by atoms with van der Waals surface area (Å²) in [6.07, 6.45) is 0. The minimum atomic E-state index is -1.69. The van der Waals surface area contributed by atoms with Crippen molar-refractivity contribution in [1.82, 2.24) is 0 Å². The number of ether oxygens (including phenoxy) is 2. The molecule has 3 aromatic carbocycles. The van der Waals surface area contributed by atoms with Crippen molar-refractivity contribution >= 4 is 24.2 Å². The molecule has 0 amide bonds. The maximum atomic E-state index is 9.49. The highest BCUT2D eigenvalue weighted by atomic mass is 35.5. The Bertz CT molecular complexity index is 841. The summed E-state index contributed by atoms with van der Waals surface area (Å²) >= 11 is 6.14. The van der Waals surface area contributed by atoms with Crippen LogP contribution in [0.15, 0.2) is 72.8 Å². The average molecular weight is 369 g/mol. The van der Waals surface area contributed by atoms with E-state index in [4.69, 9.17) is 21.1 Å². The SMILES string of the molecule is OB(O)c1cc(OCc2ccccc2)c(OCc2ccccc2)cc1Cl. The molecular weight excluding hydrogens is 350 g/mol. The fourth-order valence-corrected chi connectivity index (χ4v) is 2.70. The van der Waals surface area contributed by atoms with Gasteiger partial charge in [-0.15, -0.1) is 0 Å². The molecule has 26 heavy (non-hydrogen) atoms. The van der Waals surface area contributed by atoms with Crippen LogP contribution in [0.25, 0.3) is 0 Å². The molecule has 6 heteroatoms. The largest absolute Gasteiger partial charge is 0.490 e. The Morgan fingerprint density at radius 3 is 1.65 bits per heavy atom. The predicted molar refractivity (Wildman–Crippen MR) is 103 cm³/mol. The van der Waals surface area contributed by atoms with E-state index in [9.17, 15) is 10.0 Å². The van der Waals surface area contributed by atoms with E-state index in [1.54, 1.807) is 6.07 Å². The first kappa shape index (κ1) is 18.3. The van der Waals surface area contributed by atoms with Crippen LogP contribution in [0.5, 0.6) is 11.5 Å². The summed E-state index contributed by atoms with van der Waals surface area (Å²) in [5, 5.41) is 19.2. The first-order valence-electron chi connectivity index (χ1n) is 8.16. The van der Waals surface area contributed by atoms with Gasteiger partial charge in [-0.2, -0.15) is 0 Å². The lowest BCUT2D eigenvalue weighted by atomic mass is 9.80. The van der Waals surface area contributed by atoms with Crippen LogP contribution in [-0.2, 0) is 13.2 Å². The third-order valence-electron chi connectivity index (χ3n) is 3.82. The second-order valence-corrected chi connectivity index (χ2v) is 6.15. The van der Waals surface area contributed by atoms with Gasteiger partial charge >= 0.3 is 7.12 Å². The second kappa shape index (κ2) is 8.76. The molecule has 0 aliphatic heterocycles. The van der Waals surface area contributed by atoms with Gasteiger partial charge in [0.1, 0.15) is 13.2 Å².